The Kier molecular flexibility index (Phi) is 10.9. The Morgan fingerprint density at radius 1 is 1.14 bits per heavy atom. The molecule has 0 radical (unpaired) electrons. The van der Waals surface area contributed by atoms with Gasteiger partial charge in [0, 0.05) is 13.0 Å². The predicted molar refractivity (Wildman–Crippen MR) is 128 cm³/mol. The molecule has 0 spiro atoms. The summed E-state index contributed by atoms with van der Waals surface area (Å²) in [5.74, 6) is -0.0116. The van der Waals surface area contributed by atoms with Crippen molar-refractivity contribution in [2.45, 2.75) is 71.4 Å². The molecule has 1 aromatic carbocycles. The van der Waals surface area contributed by atoms with E-state index in [-0.39, 0.29) is 11.7 Å². The van der Waals surface area contributed by atoms with Crippen molar-refractivity contribution in [1.82, 2.24) is 10.6 Å². The molecule has 0 saturated heterocycles. The molecule has 0 fully saturated rings. The smallest absolute Gasteiger partial charge is 0.408 e. The van der Waals surface area contributed by atoms with Gasteiger partial charge >= 0.3 is 6.09 Å². The average molecular weight is 616 g/mol. The van der Waals surface area contributed by atoms with E-state index in [0.29, 0.717) is 20.1 Å². The number of hydrogen-bond acceptors (Lipinski definition) is 4. The van der Waals surface area contributed by atoms with Crippen LogP contribution in [0.4, 0.5) is 4.79 Å². The molecule has 3 N–H and O–H groups in total. The van der Waals surface area contributed by atoms with Gasteiger partial charge in [-0.3, -0.25) is 4.79 Å². The summed E-state index contributed by atoms with van der Waals surface area (Å²) >= 11 is 4.10. The minimum atomic E-state index is -0.753. The maximum Gasteiger partial charge on any atom is 0.408 e. The fraction of sp³-hybridized carbons (Fsp3) is 0.600. The Labute approximate surface area is 194 Å². The first-order valence-corrected chi connectivity index (χ1v) is 11.6. The van der Waals surface area contributed by atoms with Gasteiger partial charge in [-0.15, -0.1) is 0 Å². The number of phenolic OH excluding ortho intramolecular Hbond substituents is 1. The van der Waals surface area contributed by atoms with Crippen LogP contribution in [0.25, 0.3) is 0 Å². The van der Waals surface area contributed by atoms with Crippen molar-refractivity contribution >= 4 is 57.2 Å². The molecule has 0 aliphatic rings. The molecular weight excluding hydrogens is 586 g/mol. The molecule has 8 heteroatoms. The van der Waals surface area contributed by atoms with E-state index >= 15 is 0 Å². The van der Waals surface area contributed by atoms with Crippen molar-refractivity contribution in [3.63, 3.8) is 0 Å². The van der Waals surface area contributed by atoms with Gasteiger partial charge in [-0.2, -0.15) is 0 Å². The zero-order valence-electron chi connectivity index (χ0n) is 16.9. The van der Waals surface area contributed by atoms with E-state index in [1.54, 1.807) is 20.8 Å². The van der Waals surface area contributed by atoms with Gasteiger partial charge in [0.25, 0.3) is 0 Å². The van der Waals surface area contributed by atoms with E-state index < -0.39 is 17.7 Å². The number of aromatic hydroxyl groups is 1. The molecule has 0 aliphatic carbocycles. The maximum atomic E-state index is 12.7. The summed E-state index contributed by atoms with van der Waals surface area (Å²) < 4.78 is 6.72. The molecule has 158 valence electrons. The zero-order valence-corrected chi connectivity index (χ0v) is 21.2. The number of alkyl carbamates (subject to hydrolysis) is 1. The van der Waals surface area contributed by atoms with Gasteiger partial charge in [0.1, 0.15) is 17.4 Å². The summed E-state index contributed by atoms with van der Waals surface area (Å²) in [6.07, 6.45) is 3.94. The van der Waals surface area contributed by atoms with Crippen molar-refractivity contribution in [2.24, 2.45) is 0 Å². The summed E-state index contributed by atoms with van der Waals surface area (Å²) in [5.41, 5.74) is 0.211. The van der Waals surface area contributed by atoms with Crippen LogP contribution in [-0.2, 0) is 16.0 Å². The van der Waals surface area contributed by atoms with Crippen LogP contribution in [0.1, 0.15) is 58.9 Å². The van der Waals surface area contributed by atoms with Crippen LogP contribution in [-0.4, -0.2) is 35.3 Å². The number of phenols is 1. The van der Waals surface area contributed by atoms with E-state index in [0.717, 1.165) is 31.2 Å². The number of hydrogen-bond donors (Lipinski definition) is 3. The van der Waals surface area contributed by atoms with Gasteiger partial charge in [0.05, 0.1) is 7.14 Å². The fourth-order valence-corrected chi connectivity index (χ4v) is 4.41. The molecule has 1 atom stereocenters. The molecular formula is C20H30I2N2O4. The third-order valence-electron chi connectivity index (χ3n) is 3.85. The molecule has 0 aliphatic heterocycles. The number of nitrogens with one attached hydrogen (secondary N) is 2. The number of rotatable bonds is 9. The molecule has 0 saturated carbocycles. The fourth-order valence-electron chi connectivity index (χ4n) is 2.52. The second kappa shape index (κ2) is 12.0. The van der Waals surface area contributed by atoms with E-state index in [9.17, 15) is 14.7 Å². The van der Waals surface area contributed by atoms with Gasteiger partial charge in [-0.25, -0.2) is 4.79 Å². The van der Waals surface area contributed by atoms with Gasteiger partial charge in [0.2, 0.25) is 5.91 Å². The second-order valence-electron chi connectivity index (χ2n) is 7.66. The standard InChI is InChI=1S/C20H30I2N2O4/c1-5-6-7-8-9-23-18(26)16(24-19(27)28-20(2,3)4)12-13-10-14(21)17(25)15(22)11-13/h10-11,16,25H,5-9,12H2,1-4H3,(H,23,26)(H,24,27)/t16-/m1/s1. The molecule has 0 heterocycles. The second-order valence-corrected chi connectivity index (χ2v) is 9.99. The highest BCUT2D eigenvalue weighted by Crippen LogP contribution is 2.27. The van der Waals surface area contributed by atoms with Gasteiger partial charge in [-0.05, 0) is 90.1 Å². The van der Waals surface area contributed by atoms with E-state index in [2.05, 4.69) is 62.7 Å². The number of ether oxygens (including phenoxy) is 1. The lowest BCUT2D eigenvalue weighted by atomic mass is 10.0. The molecule has 2 amide bonds. The van der Waals surface area contributed by atoms with E-state index in [1.165, 1.54) is 0 Å². The van der Waals surface area contributed by atoms with Gasteiger partial charge < -0.3 is 20.5 Å². The minimum absolute atomic E-state index is 0.224. The Balaban J connectivity index is 2.85. The van der Waals surface area contributed by atoms with Crippen LogP contribution in [0, 0.1) is 7.14 Å². The highest BCUT2D eigenvalue weighted by Gasteiger charge is 2.25. The summed E-state index contributed by atoms with van der Waals surface area (Å²) in [6.45, 7) is 8.05. The zero-order chi connectivity index (χ0) is 21.3. The van der Waals surface area contributed by atoms with Crippen molar-refractivity contribution in [3.05, 3.63) is 24.8 Å². The average Bonchev–Trinajstić information content (AvgIpc) is 2.57. The third kappa shape index (κ3) is 9.62. The Hall–Kier alpha value is -0.780. The molecule has 1 aromatic rings. The quantitative estimate of drug-likeness (QED) is 0.277. The van der Waals surface area contributed by atoms with Crippen LogP contribution in [0.15, 0.2) is 12.1 Å². The van der Waals surface area contributed by atoms with Crippen LogP contribution in [0.5, 0.6) is 5.75 Å². The highest BCUT2D eigenvalue weighted by atomic mass is 127. The van der Waals surface area contributed by atoms with Crippen LogP contribution in [0.2, 0.25) is 0 Å². The lowest BCUT2D eigenvalue weighted by Gasteiger charge is -2.23. The molecule has 0 unspecified atom stereocenters. The number of unbranched alkanes of at least 4 members (excludes halogenated alkanes) is 3. The number of benzene rings is 1. The van der Waals surface area contributed by atoms with Crippen molar-refractivity contribution in [3.8, 4) is 5.75 Å². The topological polar surface area (TPSA) is 87.7 Å². The SMILES string of the molecule is CCCCCCNC(=O)[C@@H](Cc1cc(I)c(O)c(I)c1)NC(=O)OC(C)(C)C. The number of halogens is 2. The minimum Gasteiger partial charge on any atom is -0.506 e. The van der Waals surface area contributed by atoms with Crippen molar-refractivity contribution in [1.29, 1.82) is 0 Å². The Morgan fingerprint density at radius 3 is 2.29 bits per heavy atom. The maximum absolute atomic E-state index is 12.7. The first kappa shape index (κ1) is 25.3. The molecule has 6 nitrogen and oxygen atoms in total. The number of amides is 2. The lowest BCUT2D eigenvalue weighted by Crippen LogP contribution is -2.49. The van der Waals surface area contributed by atoms with Crippen molar-refractivity contribution < 1.29 is 19.4 Å². The predicted octanol–water partition coefficient (Wildman–Crippen LogP) is 4.73. The summed E-state index contributed by atoms with van der Waals surface area (Å²) in [6, 6.07) is 2.88. The number of carbonyl (C=O) groups is 2. The summed E-state index contributed by atoms with van der Waals surface area (Å²) in [7, 11) is 0. The molecule has 28 heavy (non-hydrogen) atoms. The van der Waals surface area contributed by atoms with E-state index in [4.69, 9.17) is 4.74 Å². The summed E-state index contributed by atoms with van der Waals surface area (Å²) in [5, 5.41) is 15.5. The van der Waals surface area contributed by atoms with Crippen molar-refractivity contribution in [2.75, 3.05) is 6.54 Å². The van der Waals surface area contributed by atoms with E-state index in [1.807, 2.05) is 12.1 Å². The largest absolute Gasteiger partial charge is 0.506 e. The van der Waals surface area contributed by atoms with Crippen LogP contribution < -0.4 is 10.6 Å². The Morgan fingerprint density at radius 2 is 1.75 bits per heavy atom. The Bertz CT molecular complexity index is 652. The third-order valence-corrected chi connectivity index (χ3v) is 5.50. The lowest BCUT2D eigenvalue weighted by molar-refractivity contribution is -0.123. The molecule has 0 aromatic heterocycles. The first-order valence-electron chi connectivity index (χ1n) is 9.47. The molecule has 0 bridgehead atoms. The normalized spacial score (nSPS) is 12.4. The van der Waals surface area contributed by atoms with Gasteiger partial charge in [0.15, 0.2) is 0 Å². The monoisotopic (exact) mass is 616 g/mol. The molecule has 1 rings (SSSR count). The number of carbonyl (C=O) groups excluding carboxylic acids is 2. The highest BCUT2D eigenvalue weighted by molar-refractivity contribution is 14.1. The summed E-state index contributed by atoms with van der Waals surface area (Å²) in [4.78, 5) is 24.9. The van der Waals surface area contributed by atoms with Gasteiger partial charge in [-0.1, -0.05) is 26.2 Å². The van der Waals surface area contributed by atoms with Crippen LogP contribution in [0.3, 0.4) is 0 Å². The van der Waals surface area contributed by atoms with Crippen LogP contribution >= 0.6 is 45.2 Å². The first-order chi connectivity index (χ1) is 13.0.